The number of halogens is 1. The second-order valence-corrected chi connectivity index (χ2v) is 5.06. The lowest BCUT2D eigenvalue weighted by Crippen LogP contribution is -2.27. The van der Waals surface area contributed by atoms with E-state index in [-0.39, 0.29) is 0 Å². The molecule has 0 bridgehead atoms. The minimum absolute atomic E-state index is 0.450. The third kappa shape index (κ3) is 4.42. The minimum Gasteiger partial charge on any atom is -0.356 e. The molecule has 18 heavy (non-hydrogen) atoms. The maximum atomic E-state index is 5.36. The van der Waals surface area contributed by atoms with Crippen molar-refractivity contribution in [3.63, 3.8) is 0 Å². The third-order valence-electron chi connectivity index (χ3n) is 2.72. The smallest absolute Gasteiger partial charge is 0.239 e. The Labute approximate surface area is 117 Å². The molecule has 0 aliphatic rings. The Morgan fingerprint density at radius 1 is 1.28 bits per heavy atom. The van der Waals surface area contributed by atoms with Crippen molar-refractivity contribution in [1.82, 2.24) is 9.97 Å². The molecule has 0 fully saturated rings. The number of nitrogens with two attached hydrogens (primary N) is 1. The average molecular weight is 316 g/mol. The second-order valence-electron chi connectivity index (χ2n) is 4.20. The zero-order chi connectivity index (χ0) is 13.4. The zero-order valence-electron chi connectivity index (χ0n) is 11.1. The highest BCUT2D eigenvalue weighted by atomic mass is 79.9. The van der Waals surface area contributed by atoms with Gasteiger partial charge in [0.1, 0.15) is 5.82 Å². The van der Waals surface area contributed by atoms with Gasteiger partial charge in [-0.25, -0.2) is 10.8 Å². The number of nitrogens with one attached hydrogen (secondary N) is 1. The van der Waals surface area contributed by atoms with Crippen molar-refractivity contribution in [3.8, 4) is 0 Å². The molecule has 6 heteroatoms. The number of aromatic nitrogens is 2. The molecular weight excluding hydrogens is 294 g/mol. The summed E-state index contributed by atoms with van der Waals surface area (Å²) in [6.07, 6.45) is 6.40. The average Bonchev–Trinajstić information content (AvgIpc) is 2.40. The number of hydrogen-bond acceptors (Lipinski definition) is 5. The van der Waals surface area contributed by atoms with Gasteiger partial charge in [0.2, 0.25) is 5.95 Å². The summed E-state index contributed by atoms with van der Waals surface area (Å²) < 4.78 is 0.911. The Morgan fingerprint density at radius 2 is 1.89 bits per heavy atom. The number of hydrazine groups is 1. The molecule has 1 aromatic heterocycles. The fourth-order valence-electron chi connectivity index (χ4n) is 1.67. The molecule has 102 valence electrons. The van der Waals surface area contributed by atoms with E-state index in [1.165, 1.54) is 12.8 Å². The van der Waals surface area contributed by atoms with E-state index >= 15 is 0 Å². The molecule has 0 radical (unpaired) electrons. The SMILES string of the molecule is CCCCN(CCCC)c1nc(NN)ncc1Br. The summed E-state index contributed by atoms with van der Waals surface area (Å²) in [5.41, 5.74) is 2.49. The van der Waals surface area contributed by atoms with E-state index in [4.69, 9.17) is 5.84 Å². The van der Waals surface area contributed by atoms with Crippen molar-refractivity contribution < 1.29 is 0 Å². The van der Waals surface area contributed by atoms with E-state index < -0.39 is 0 Å². The molecule has 0 aromatic carbocycles. The van der Waals surface area contributed by atoms with Gasteiger partial charge in [0.25, 0.3) is 0 Å². The molecule has 0 spiro atoms. The van der Waals surface area contributed by atoms with Crippen LogP contribution in [0, 0.1) is 0 Å². The highest BCUT2D eigenvalue weighted by Gasteiger charge is 2.12. The first-order valence-corrected chi connectivity index (χ1v) is 7.26. The van der Waals surface area contributed by atoms with Crippen molar-refractivity contribution in [1.29, 1.82) is 0 Å². The van der Waals surface area contributed by atoms with E-state index in [1.807, 2.05) is 0 Å². The van der Waals surface area contributed by atoms with Crippen LogP contribution in [0.1, 0.15) is 39.5 Å². The van der Waals surface area contributed by atoms with Gasteiger partial charge in [-0.05, 0) is 28.8 Å². The molecule has 1 aromatic rings. The van der Waals surface area contributed by atoms with Gasteiger partial charge in [-0.1, -0.05) is 26.7 Å². The predicted molar refractivity (Wildman–Crippen MR) is 79.6 cm³/mol. The van der Waals surface area contributed by atoms with Crippen LogP contribution < -0.4 is 16.2 Å². The van der Waals surface area contributed by atoms with Gasteiger partial charge in [0, 0.05) is 19.3 Å². The summed E-state index contributed by atoms with van der Waals surface area (Å²) in [7, 11) is 0. The molecule has 0 saturated heterocycles. The summed E-state index contributed by atoms with van der Waals surface area (Å²) in [4.78, 5) is 10.8. The lowest BCUT2D eigenvalue weighted by Gasteiger charge is -2.24. The van der Waals surface area contributed by atoms with Crippen LogP contribution in [-0.2, 0) is 0 Å². The van der Waals surface area contributed by atoms with Crippen LogP contribution in [0.3, 0.4) is 0 Å². The monoisotopic (exact) mass is 315 g/mol. The fourth-order valence-corrected chi connectivity index (χ4v) is 2.11. The van der Waals surface area contributed by atoms with Crippen LogP contribution >= 0.6 is 15.9 Å². The predicted octanol–water partition coefficient (Wildman–Crippen LogP) is 2.93. The number of hydrogen-bond donors (Lipinski definition) is 2. The van der Waals surface area contributed by atoms with Gasteiger partial charge < -0.3 is 4.90 Å². The highest BCUT2D eigenvalue weighted by Crippen LogP contribution is 2.24. The standard InChI is InChI=1S/C12H22BrN5/c1-3-5-7-18(8-6-4-2)11-10(13)9-15-12(16-11)17-14/h9H,3-8,14H2,1-2H3,(H,15,16,17). The molecule has 0 saturated carbocycles. The molecule has 1 heterocycles. The van der Waals surface area contributed by atoms with E-state index in [1.54, 1.807) is 6.20 Å². The van der Waals surface area contributed by atoms with Gasteiger partial charge in [-0.3, -0.25) is 5.43 Å². The quantitative estimate of drug-likeness (QED) is 0.570. The van der Waals surface area contributed by atoms with Crippen molar-refractivity contribution >= 4 is 27.7 Å². The Morgan fingerprint density at radius 3 is 2.39 bits per heavy atom. The summed E-state index contributed by atoms with van der Waals surface area (Å²) in [5.74, 6) is 6.73. The molecule has 0 amide bonds. The normalized spacial score (nSPS) is 10.4. The van der Waals surface area contributed by atoms with Crippen molar-refractivity contribution in [2.24, 2.45) is 5.84 Å². The summed E-state index contributed by atoms with van der Waals surface area (Å²) >= 11 is 3.51. The first-order chi connectivity index (χ1) is 8.72. The van der Waals surface area contributed by atoms with Gasteiger partial charge in [0.15, 0.2) is 0 Å². The van der Waals surface area contributed by atoms with Crippen LogP contribution in [-0.4, -0.2) is 23.1 Å². The fraction of sp³-hybridized carbons (Fsp3) is 0.667. The third-order valence-corrected chi connectivity index (χ3v) is 3.28. The topological polar surface area (TPSA) is 67.1 Å². The molecule has 0 unspecified atom stereocenters. The van der Waals surface area contributed by atoms with E-state index in [9.17, 15) is 0 Å². The molecule has 1 rings (SSSR count). The van der Waals surface area contributed by atoms with E-state index in [0.717, 1.165) is 36.2 Å². The number of nitrogens with zero attached hydrogens (tertiary/aromatic N) is 3. The van der Waals surface area contributed by atoms with Crippen LogP contribution in [0.4, 0.5) is 11.8 Å². The Balaban J connectivity index is 2.87. The molecule has 3 N–H and O–H groups in total. The summed E-state index contributed by atoms with van der Waals surface area (Å²) in [6, 6.07) is 0. The number of anilines is 2. The van der Waals surface area contributed by atoms with Crippen molar-refractivity contribution in [2.45, 2.75) is 39.5 Å². The van der Waals surface area contributed by atoms with Gasteiger partial charge in [0.05, 0.1) is 4.47 Å². The highest BCUT2D eigenvalue weighted by molar-refractivity contribution is 9.10. The number of nitrogen functional groups attached to an aromatic ring is 1. The van der Waals surface area contributed by atoms with Crippen LogP contribution in [0.2, 0.25) is 0 Å². The summed E-state index contributed by atoms with van der Waals surface area (Å²) in [5, 5.41) is 0. The Hall–Kier alpha value is -0.880. The number of rotatable bonds is 8. The van der Waals surface area contributed by atoms with Crippen LogP contribution in [0.25, 0.3) is 0 Å². The van der Waals surface area contributed by atoms with Crippen molar-refractivity contribution in [3.05, 3.63) is 10.7 Å². The van der Waals surface area contributed by atoms with Gasteiger partial charge >= 0.3 is 0 Å². The number of unbranched alkanes of at least 4 members (excludes halogenated alkanes) is 2. The lowest BCUT2D eigenvalue weighted by atomic mass is 10.2. The van der Waals surface area contributed by atoms with E-state index in [0.29, 0.717) is 5.95 Å². The van der Waals surface area contributed by atoms with E-state index in [2.05, 4.69) is 50.1 Å². The molecule has 5 nitrogen and oxygen atoms in total. The lowest BCUT2D eigenvalue weighted by molar-refractivity contribution is 0.669. The van der Waals surface area contributed by atoms with Gasteiger partial charge in [-0.2, -0.15) is 4.98 Å². The largest absolute Gasteiger partial charge is 0.356 e. The van der Waals surface area contributed by atoms with Crippen LogP contribution in [0.5, 0.6) is 0 Å². The first-order valence-electron chi connectivity index (χ1n) is 6.47. The Kier molecular flexibility index (Phi) is 6.97. The molecule has 0 aliphatic heterocycles. The summed E-state index contributed by atoms with van der Waals surface area (Å²) in [6.45, 7) is 6.41. The zero-order valence-corrected chi connectivity index (χ0v) is 12.7. The maximum Gasteiger partial charge on any atom is 0.239 e. The van der Waals surface area contributed by atoms with Crippen molar-refractivity contribution in [2.75, 3.05) is 23.4 Å². The van der Waals surface area contributed by atoms with Crippen LogP contribution in [0.15, 0.2) is 10.7 Å². The Bertz CT molecular complexity index is 350. The molecule has 0 aliphatic carbocycles. The molecular formula is C12H22BrN5. The first kappa shape index (κ1) is 15.2. The second kappa shape index (κ2) is 8.26. The maximum absolute atomic E-state index is 5.36. The minimum atomic E-state index is 0.450. The van der Waals surface area contributed by atoms with Gasteiger partial charge in [-0.15, -0.1) is 0 Å². The molecule has 0 atom stereocenters.